The first kappa shape index (κ1) is 20.5. The van der Waals surface area contributed by atoms with Crippen LogP contribution in [-0.4, -0.2) is 67.2 Å². The normalized spacial score (nSPS) is 14.0. The van der Waals surface area contributed by atoms with Gasteiger partial charge in [-0.25, -0.2) is 0 Å². The second-order valence-corrected chi connectivity index (χ2v) is 6.84. The van der Waals surface area contributed by atoms with Gasteiger partial charge in [-0.1, -0.05) is 24.3 Å². The van der Waals surface area contributed by atoms with E-state index in [1.165, 1.54) is 0 Å². The molecule has 9 heteroatoms. The topological polar surface area (TPSA) is 98.2 Å². The molecule has 0 radical (unpaired) electrons. The predicted octanol–water partition coefficient (Wildman–Crippen LogP) is 2.32. The molecule has 1 aromatic heterocycles. The first-order chi connectivity index (χ1) is 15.2. The number of carbonyl (C=O) groups excluding carboxylic acids is 1. The Hall–Kier alpha value is -3.72. The minimum Gasteiger partial charge on any atom is -0.493 e. The summed E-state index contributed by atoms with van der Waals surface area (Å²) in [5.41, 5.74) is 3.72. The Labute approximate surface area is 179 Å². The second-order valence-electron chi connectivity index (χ2n) is 6.84. The number of hydrogen-bond acceptors (Lipinski definition) is 8. The summed E-state index contributed by atoms with van der Waals surface area (Å²) in [4.78, 5) is 14.0. The number of nitrogens with zero attached hydrogens (tertiary/aromatic N) is 4. The summed E-state index contributed by atoms with van der Waals surface area (Å²) in [5.74, 6) is 1.51. The number of hydrogen-bond donors (Lipinski definition) is 1. The molecule has 160 valence electrons. The van der Waals surface area contributed by atoms with Crippen LogP contribution >= 0.6 is 0 Å². The number of anilines is 1. The number of methoxy groups -OCH3 is 1. The lowest BCUT2D eigenvalue weighted by atomic mass is 10.2. The van der Waals surface area contributed by atoms with Crippen LogP contribution in [0, 0.1) is 0 Å². The average Bonchev–Trinajstić information content (AvgIpc) is 2.83. The SMILES string of the molecule is COc1cc(C=NNc2nncc3ccccc23)ccc1OCC(=O)N1CCOCC1. The van der Waals surface area contributed by atoms with Crippen LogP contribution in [0.5, 0.6) is 11.5 Å². The maximum Gasteiger partial charge on any atom is 0.260 e. The van der Waals surface area contributed by atoms with Crippen LogP contribution in [0.2, 0.25) is 0 Å². The fraction of sp³-hybridized carbons (Fsp3) is 0.273. The van der Waals surface area contributed by atoms with Gasteiger partial charge in [0.1, 0.15) is 0 Å². The van der Waals surface area contributed by atoms with Gasteiger partial charge < -0.3 is 19.1 Å². The lowest BCUT2D eigenvalue weighted by Gasteiger charge is -2.26. The quantitative estimate of drug-likeness (QED) is 0.462. The zero-order valence-electron chi connectivity index (χ0n) is 17.2. The molecule has 1 aliphatic heterocycles. The van der Waals surface area contributed by atoms with Crippen LogP contribution in [0.4, 0.5) is 5.82 Å². The molecule has 0 bridgehead atoms. The van der Waals surface area contributed by atoms with E-state index in [-0.39, 0.29) is 12.5 Å². The van der Waals surface area contributed by atoms with E-state index in [1.54, 1.807) is 36.6 Å². The molecule has 2 aromatic carbocycles. The second kappa shape index (κ2) is 9.86. The van der Waals surface area contributed by atoms with Gasteiger partial charge in [0.2, 0.25) is 0 Å². The molecule has 1 aliphatic rings. The van der Waals surface area contributed by atoms with E-state index in [2.05, 4.69) is 20.7 Å². The zero-order valence-corrected chi connectivity index (χ0v) is 17.2. The summed E-state index contributed by atoms with van der Waals surface area (Å²) in [6.07, 6.45) is 3.35. The number of rotatable bonds is 7. The largest absolute Gasteiger partial charge is 0.493 e. The molecule has 31 heavy (non-hydrogen) atoms. The van der Waals surface area contributed by atoms with E-state index >= 15 is 0 Å². The van der Waals surface area contributed by atoms with Crippen molar-refractivity contribution in [1.29, 1.82) is 0 Å². The molecular formula is C22H23N5O4. The van der Waals surface area contributed by atoms with E-state index in [9.17, 15) is 4.79 Å². The fourth-order valence-electron chi connectivity index (χ4n) is 3.21. The molecule has 3 aromatic rings. The highest BCUT2D eigenvalue weighted by atomic mass is 16.5. The van der Waals surface area contributed by atoms with E-state index in [4.69, 9.17) is 14.2 Å². The van der Waals surface area contributed by atoms with Crippen LogP contribution < -0.4 is 14.9 Å². The number of nitrogens with one attached hydrogen (secondary N) is 1. The Balaban J connectivity index is 1.39. The molecular weight excluding hydrogens is 398 g/mol. The minimum absolute atomic E-state index is 0.0505. The molecule has 0 spiro atoms. The summed E-state index contributed by atoms with van der Waals surface area (Å²) < 4.78 is 16.4. The van der Waals surface area contributed by atoms with Gasteiger partial charge in [0.15, 0.2) is 23.9 Å². The molecule has 1 fully saturated rings. The van der Waals surface area contributed by atoms with Crippen molar-refractivity contribution >= 4 is 28.7 Å². The van der Waals surface area contributed by atoms with Gasteiger partial charge in [-0.15, -0.1) is 5.10 Å². The third-order valence-corrected chi connectivity index (χ3v) is 4.86. The Morgan fingerprint density at radius 2 is 2.06 bits per heavy atom. The molecule has 1 saturated heterocycles. The Kier molecular flexibility index (Phi) is 6.53. The molecule has 0 atom stereocenters. The average molecular weight is 421 g/mol. The molecule has 0 aliphatic carbocycles. The molecule has 9 nitrogen and oxygen atoms in total. The van der Waals surface area contributed by atoms with Crippen molar-refractivity contribution in [2.45, 2.75) is 0 Å². The number of hydrazone groups is 1. The predicted molar refractivity (Wildman–Crippen MR) is 117 cm³/mol. The van der Waals surface area contributed by atoms with E-state index < -0.39 is 0 Å². The first-order valence-electron chi connectivity index (χ1n) is 9.90. The smallest absolute Gasteiger partial charge is 0.260 e. The van der Waals surface area contributed by atoms with Crippen LogP contribution in [0.1, 0.15) is 5.56 Å². The fourth-order valence-corrected chi connectivity index (χ4v) is 3.21. The van der Waals surface area contributed by atoms with Crippen molar-refractivity contribution in [3.63, 3.8) is 0 Å². The third-order valence-electron chi connectivity index (χ3n) is 4.86. The molecule has 1 amide bonds. The number of aromatic nitrogens is 2. The van der Waals surface area contributed by atoms with Gasteiger partial charge in [-0.3, -0.25) is 10.2 Å². The highest BCUT2D eigenvalue weighted by Crippen LogP contribution is 2.27. The molecule has 2 heterocycles. The zero-order chi connectivity index (χ0) is 21.5. The monoisotopic (exact) mass is 421 g/mol. The first-order valence-corrected chi connectivity index (χ1v) is 9.90. The maximum absolute atomic E-state index is 12.3. The van der Waals surface area contributed by atoms with Gasteiger partial charge in [0.05, 0.1) is 32.7 Å². The summed E-state index contributed by atoms with van der Waals surface area (Å²) >= 11 is 0. The number of ether oxygens (including phenoxy) is 3. The summed E-state index contributed by atoms with van der Waals surface area (Å²) in [5, 5.41) is 14.3. The Morgan fingerprint density at radius 3 is 2.90 bits per heavy atom. The van der Waals surface area contributed by atoms with Crippen molar-refractivity contribution in [2.75, 3.05) is 45.4 Å². The highest BCUT2D eigenvalue weighted by Gasteiger charge is 2.18. The van der Waals surface area contributed by atoms with Crippen LogP contribution in [-0.2, 0) is 9.53 Å². The van der Waals surface area contributed by atoms with Gasteiger partial charge in [0.25, 0.3) is 5.91 Å². The van der Waals surface area contributed by atoms with E-state index in [0.29, 0.717) is 43.6 Å². The number of benzene rings is 2. The van der Waals surface area contributed by atoms with Gasteiger partial charge in [0, 0.05) is 23.9 Å². The Bertz CT molecular complexity index is 1080. The molecule has 4 rings (SSSR count). The molecule has 0 saturated carbocycles. The maximum atomic E-state index is 12.3. The minimum atomic E-state index is -0.0728. The van der Waals surface area contributed by atoms with Gasteiger partial charge >= 0.3 is 0 Å². The number of amides is 1. The summed E-state index contributed by atoms with van der Waals surface area (Å²) in [7, 11) is 1.55. The van der Waals surface area contributed by atoms with Gasteiger partial charge in [-0.2, -0.15) is 10.2 Å². The van der Waals surface area contributed by atoms with E-state index in [1.807, 2.05) is 30.3 Å². The highest BCUT2D eigenvalue weighted by molar-refractivity contribution is 5.91. The lowest BCUT2D eigenvalue weighted by Crippen LogP contribution is -2.43. The molecule has 1 N–H and O–H groups in total. The van der Waals surface area contributed by atoms with Crippen molar-refractivity contribution in [1.82, 2.24) is 15.1 Å². The van der Waals surface area contributed by atoms with Crippen LogP contribution in [0.25, 0.3) is 10.8 Å². The van der Waals surface area contributed by atoms with Crippen molar-refractivity contribution in [3.8, 4) is 11.5 Å². The lowest BCUT2D eigenvalue weighted by molar-refractivity contribution is -0.137. The van der Waals surface area contributed by atoms with Crippen LogP contribution in [0.3, 0.4) is 0 Å². The standard InChI is InChI=1S/C22H23N5O4/c1-29-20-12-16(6-7-19(20)31-15-21(28)27-8-10-30-11-9-27)13-23-25-22-18-5-3-2-4-17(18)14-24-26-22/h2-7,12-14H,8-11,15H2,1H3,(H,25,26). The van der Waals surface area contributed by atoms with E-state index in [0.717, 1.165) is 16.3 Å². The van der Waals surface area contributed by atoms with Gasteiger partial charge in [-0.05, 0) is 23.8 Å². The van der Waals surface area contributed by atoms with Crippen LogP contribution in [0.15, 0.2) is 53.8 Å². The third kappa shape index (κ3) is 5.07. The Morgan fingerprint density at radius 1 is 1.23 bits per heavy atom. The number of carbonyl (C=O) groups is 1. The summed E-state index contributed by atoms with van der Waals surface area (Å²) in [6.45, 7) is 2.24. The molecule has 0 unspecified atom stereocenters. The van der Waals surface area contributed by atoms with Crippen molar-refractivity contribution in [2.24, 2.45) is 5.10 Å². The number of fused-ring (bicyclic) bond motifs is 1. The summed E-state index contributed by atoms with van der Waals surface area (Å²) in [6, 6.07) is 13.2. The van der Waals surface area contributed by atoms with Crippen molar-refractivity contribution in [3.05, 3.63) is 54.2 Å². The van der Waals surface area contributed by atoms with Crippen molar-refractivity contribution < 1.29 is 19.0 Å². The number of morpholine rings is 1.